The number of phenols is 1. The van der Waals surface area contributed by atoms with Crippen molar-refractivity contribution in [3.05, 3.63) is 58.6 Å². The summed E-state index contributed by atoms with van der Waals surface area (Å²) in [4.78, 5) is 0. The fourth-order valence-electron chi connectivity index (χ4n) is 4.17. The predicted octanol–water partition coefficient (Wildman–Crippen LogP) is 4.41. The Labute approximate surface area is 163 Å². The van der Waals surface area contributed by atoms with Crippen molar-refractivity contribution >= 4 is 28.9 Å². The van der Waals surface area contributed by atoms with Crippen molar-refractivity contribution in [2.24, 2.45) is 0 Å². The van der Waals surface area contributed by atoms with Crippen molar-refractivity contribution in [1.82, 2.24) is 10.6 Å². The van der Waals surface area contributed by atoms with Crippen LogP contribution in [0, 0.1) is 0 Å². The second-order valence-corrected chi connectivity index (χ2v) is 8.56. The van der Waals surface area contributed by atoms with E-state index in [9.17, 15) is 5.11 Å². The molecule has 4 nitrogen and oxygen atoms in total. The molecule has 2 aromatic carbocycles. The summed E-state index contributed by atoms with van der Waals surface area (Å²) in [7, 11) is 0. The quantitative estimate of drug-likeness (QED) is 0.632. The summed E-state index contributed by atoms with van der Waals surface area (Å²) in [5.74, 6) is 0.657. The molecule has 2 atom stereocenters. The number of phenolic OH excluding ortho intramolecular Hbond substituents is 1. The highest BCUT2D eigenvalue weighted by atomic mass is 35.5. The van der Waals surface area contributed by atoms with Gasteiger partial charge in [-0.3, -0.25) is 0 Å². The van der Waals surface area contributed by atoms with Crippen LogP contribution in [0.25, 0.3) is 0 Å². The zero-order chi connectivity index (χ0) is 18.5. The number of nitrogens with one attached hydrogen (secondary N) is 2. The van der Waals surface area contributed by atoms with E-state index in [1.165, 1.54) is 0 Å². The van der Waals surface area contributed by atoms with Crippen molar-refractivity contribution < 1.29 is 9.84 Å². The lowest BCUT2D eigenvalue weighted by molar-refractivity contribution is 0.0870. The summed E-state index contributed by atoms with van der Waals surface area (Å²) >= 11 is 11.7. The molecule has 1 fully saturated rings. The fourth-order valence-corrected chi connectivity index (χ4v) is 4.81. The average Bonchev–Trinajstić information content (AvgIpc) is 2.55. The Kier molecular flexibility index (Phi) is 4.04. The van der Waals surface area contributed by atoms with Crippen molar-refractivity contribution in [2.75, 3.05) is 0 Å². The highest BCUT2D eigenvalue weighted by Gasteiger charge is 2.49. The fraction of sp³-hybridized carbons (Fsp3) is 0.350. The third-order valence-corrected chi connectivity index (χ3v) is 5.59. The third-order valence-electron chi connectivity index (χ3n) is 5.09. The molecule has 2 aliphatic heterocycles. The highest BCUT2D eigenvalue weighted by molar-refractivity contribution is 7.80. The first-order chi connectivity index (χ1) is 12.3. The predicted molar refractivity (Wildman–Crippen MR) is 107 cm³/mol. The van der Waals surface area contributed by atoms with Gasteiger partial charge in [0, 0.05) is 23.6 Å². The van der Waals surface area contributed by atoms with Gasteiger partial charge in [0.2, 0.25) is 0 Å². The molecule has 136 valence electrons. The highest BCUT2D eigenvalue weighted by Crippen LogP contribution is 2.51. The van der Waals surface area contributed by atoms with Gasteiger partial charge in [-0.2, -0.15) is 0 Å². The second kappa shape index (κ2) is 6.03. The largest absolute Gasteiger partial charge is 0.506 e. The molecule has 2 heterocycles. The van der Waals surface area contributed by atoms with Gasteiger partial charge in [-0.15, -0.1) is 0 Å². The van der Waals surface area contributed by atoms with Crippen LogP contribution in [0.1, 0.15) is 43.9 Å². The van der Waals surface area contributed by atoms with Gasteiger partial charge in [-0.1, -0.05) is 41.9 Å². The van der Waals surface area contributed by atoms with Gasteiger partial charge in [0.05, 0.1) is 10.6 Å². The van der Waals surface area contributed by atoms with Crippen LogP contribution >= 0.6 is 23.8 Å². The average molecular weight is 389 g/mol. The van der Waals surface area contributed by atoms with Gasteiger partial charge >= 0.3 is 0 Å². The summed E-state index contributed by atoms with van der Waals surface area (Å²) in [6.45, 7) is 4.27. The number of thiocarbonyl (C=S) groups is 1. The van der Waals surface area contributed by atoms with Crippen LogP contribution < -0.4 is 15.4 Å². The van der Waals surface area contributed by atoms with E-state index in [-0.39, 0.29) is 17.4 Å². The number of benzene rings is 2. The number of fused-ring (bicyclic) bond motifs is 2. The molecule has 6 heteroatoms. The Bertz CT molecular complexity index is 872. The smallest absolute Gasteiger partial charge is 0.167 e. The topological polar surface area (TPSA) is 53.5 Å². The van der Waals surface area contributed by atoms with E-state index in [4.69, 9.17) is 28.6 Å². The molecule has 3 N–H and O–H groups in total. The van der Waals surface area contributed by atoms with Gasteiger partial charge in [-0.25, -0.2) is 0 Å². The first kappa shape index (κ1) is 17.4. The van der Waals surface area contributed by atoms with E-state index >= 15 is 0 Å². The van der Waals surface area contributed by atoms with Crippen LogP contribution in [-0.2, 0) is 5.54 Å². The van der Waals surface area contributed by atoms with Gasteiger partial charge in [0.1, 0.15) is 17.6 Å². The molecule has 1 saturated heterocycles. The number of hydrogen-bond donors (Lipinski definition) is 3. The lowest BCUT2D eigenvalue weighted by Gasteiger charge is -2.51. The minimum atomic E-state index is -0.419. The van der Waals surface area contributed by atoms with Gasteiger partial charge in [-0.05, 0) is 44.1 Å². The number of halogens is 1. The molecule has 26 heavy (non-hydrogen) atoms. The maximum Gasteiger partial charge on any atom is 0.167 e. The maximum atomic E-state index is 10.1. The Morgan fingerprint density at radius 2 is 1.92 bits per heavy atom. The molecule has 2 aromatic rings. The Hall–Kier alpha value is -1.98. The van der Waals surface area contributed by atoms with Crippen LogP contribution in [0.2, 0.25) is 5.02 Å². The molecule has 0 bridgehead atoms. The zero-order valence-corrected chi connectivity index (χ0v) is 16.2. The molecule has 2 unspecified atom stereocenters. The van der Waals surface area contributed by atoms with E-state index in [1.807, 2.05) is 18.2 Å². The molecule has 1 spiro atoms. The van der Waals surface area contributed by atoms with Gasteiger partial charge in [0.25, 0.3) is 0 Å². The third kappa shape index (κ3) is 2.99. The zero-order valence-electron chi connectivity index (χ0n) is 14.7. The molecule has 2 aliphatic rings. The number of hydrogen-bond acceptors (Lipinski definition) is 3. The molecule has 0 radical (unpaired) electrons. The Morgan fingerprint density at radius 3 is 2.62 bits per heavy atom. The van der Waals surface area contributed by atoms with Crippen LogP contribution in [-0.4, -0.2) is 15.8 Å². The van der Waals surface area contributed by atoms with Crippen molar-refractivity contribution in [3.8, 4) is 11.5 Å². The second-order valence-electron chi connectivity index (χ2n) is 7.74. The minimum Gasteiger partial charge on any atom is -0.506 e. The van der Waals surface area contributed by atoms with Crippen molar-refractivity contribution in [2.45, 2.75) is 43.9 Å². The van der Waals surface area contributed by atoms with Crippen molar-refractivity contribution in [1.29, 1.82) is 0 Å². The maximum absolute atomic E-state index is 10.1. The summed E-state index contributed by atoms with van der Waals surface area (Å²) in [6.07, 6.45) is 1.38. The standard InChI is InChI=1S/C20H21ClN2O2S/c1-19(2)11-20(23-18(26)22-19)10-17(12-6-4-3-5-7-12)25-16-9-15(24)14(21)8-13(16)20/h3-9,17,24H,10-11H2,1-2H3,(H2,22,23,26). The van der Waals surface area contributed by atoms with E-state index < -0.39 is 5.54 Å². The number of aromatic hydroxyl groups is 1. The molecule has 4 rings (SSSR count). The van der Waals surface area contributed by atoms with Crippen LogP contribution in [0.15, 0.2) is 42.5 Å². The molecule has 0 aliphatic carbocycles. The first-order valence-corrected chi connectivity index (χ1v) is 9.42. The molecular weight excluding hydrogens is 368 g/mol. The monoisotopic (exact) mass is 388 g/mol. The number of ether oxygens (including phenoxy) is 1. The first-order valence-electron chi connectivity index (χ1n) is 8.63. The molecular formula is C20H21ClN2O2S. The lowest BCUT2D eigenvalue weighted by Crippen LogP contribution is -2.65. The van der Waals surface area contributed by atoms with E-state index in [0.717, 1.165) is 24.0 Å². The SMILES string of the molecule is CC1(C)CC2(CC(c3ccccc3)Oc3cc(O)c(Cl)cc32)NC(=S)N1. The number of rotatable bonds is 1. The van der Waals surface area contributed by atoms with Crippen LogP contribution in [0.5, 0.6) is 11.5 Å². The van der Waals surface area contributed by atoms with Gasteiger partial charge in [0.15, 0.2) is 5.11 Å². The van der Waals surface area contributed by atoms with Crippen molar-refractivity contribution in [3.63, 3.8) is 0 Å². The molecule has 0 saturated carbocycles. The normalized spacial score (nSPS) is 26.4. The minimum absolute atomic E-state index is 0.0186. The summed E-state index contributed by atoms with van der Waals surface area (Å²) in [6, 6.07) is 13.5. The summed E-state index contributed by atoms with van der Waals surface area (Å²) in [5.41, 5.74) is 1.43. The molecule has 0 aromatic heterocycles. The van der Waals surface area contributed by atoms with Gasteiger partial charge < -0.3 is 20.5 Å². The summed E-state index contributed by atoms with van der Waals surface area (Å²) in [5, 5.41) is 17.9. The van der Waals surface area contributed by atoms with Crippen LogP contribution in [0.4, 0.5) is 0 Å². The lowest BCUT2D eigenvalue weighted by atomic mass is 9.72. The molecule has 0 amide bonds. The Morgan fingerprint density at radius 1 is 1.19 bits per heavy atom. The Balaban J connectivity index is 1.87. The summed E-state index contributed by atoms with van der Waals surface area (Å²) < 4.78 is 6.26. The van der Waals surface area contributed by atoms with E-state index in [2.05, 4.69) is 36.6 Å². The van der Waals surface area contributed by atoms with Crippen LogP contribution in [0.3, 0.4) is 0 Å². The van der Waals surface area contributed by atoms with E-state index in [0.29, 0.717) is 15.9 Å². The van der Waals surface area contributed by atoms with E-state index in [1.54, 1.807) is 12.1 Å².